The van der Waals surface area contributed by atoms with E-state index in [9.17, 15) is 4.79 Å². The molecule has 0 aromatic rings. The molecule has 0 N–H and O–H groups in total. The van der Waals surface area contributed by atoms with E-state index in [2.05, 4.69) is 6.92 Å². The van der Waals surface area contributed by atoms with E-state index in [0.29, 0.717) is 12.5 Å². The fourth-order valence-corrected chi connectivity index (χ4v) is 2.23. The Morgan fingerprint density at radius 1 is 1.58 bits per heavy atom. The summed E-state index contributed by atoms with van der Waals surface area (Å²) in [6.07, 6.45) is 1.98. The number of hydrogen-bond donors (Lipinski definition) is 0. The van der Waals surface area contributed by atoms with Gasteiger partial charge in [-0.05, 0) is 25.7 Å². The third-order valence-corrected chi connectivity index (χ3v) is 2.95. The SMILES string of the molecule is CCOC(=O)C1C(C)CCC1Cl. The molecule has 0 heterocycles. The van der Waals surface area contributed by atoms with E-state index in [4.69, 9.17) is 16.3 Å². The molecule has 3 heteroatoms. The average Bonchev–Trinajstić information content (AvgIpc) is 2.32. The normalized spacial score (nSPS) is 35.1. The Kier molecular flexibility index (Phi) is 3.39. The van der Waals surface area contributed by atoms with Gasteiger partial charge in [-0.2, -0.15) is 0 Å². The summed E-state index contributed by atoms with van der Waals surface area (Å²) in [5.74, 6) is 0.181. The van der Waals surface area contributed by atoms with Crippen molar-refractivity contribution in [2.24, 2.45) is 11.8 Å². The van der Waals surface area contributed by atoms with Crippen molar-refractivity contribution in [1.29, 1.82) is 0 Å². The highest BCUT2D eigenvalue weighted by Gasteiger charge is 2.38. The molecule has 0 aliphatic heterocycles. The van der Waals surface area contributed by atoms with Crippen LogP contribution in [0.4, 0.5) is 0 Å². The fourth-order valence-electron chi connectivity index (χ4n) is 1.76. The van der Waals surface area contributed by atoms with Gasteiger partial charge in [0.25, 0.3) is 0 Å². The summed E-state index contributed by atoms with van der Waals surface area (Å²) >= 11 is 6.00. The maximum Gasteiger partial charge on any atom is 0.310 e. The first-order chi connectivity index (χ1) is 5.66. The molecule has 1 saturated carbocycles. The van der Waals surface area contributed by atoms with Crippen molar-refractivity contribution in [3.05, 3.63) is 0 Å². The molecular formula is C9H15ClO2. The van der Waals surface area contributed by atoms with Crippen LogP contribution in [0.3, 0.4) is 0 Å². The van der Waals surface area contributed by atoms with Crippen LogP contribution in [0.2, 0.25) is 0 Å². The van der Waals surface area contributed by atoms with Crippen LogP contribution in [0, 0.1) is 11.8 Å². The zero-order chi connectivity index (χ0) is 9.14. The van der Waals surface area contributed by atoms with Gasteiger partial charge in [-0.1, -0.05) is 6.92 Å². The van der Waals surface area contributed by atoms with Crippen molar-refractivity contribution >= 4 is 17.6 Å². The minimum atomic E-state index is -0.123. The van der Waals surface area contributed by atoms with Gasteiger partial charge in [0.1, 0.15) is 0 Å². The van der Waals surface area contributed by atoms with Crippen LogP contribution in [0.15, 0.2) is 0 Å². The number of ether oxygens (including phenoxy) is 1. The van der Waals surface area contributed by atoms with E-state index in [0.717, 1.165) is 12.8 Å². The summed E-state index contributed by atoms with van der Waals surface area (Å²) in [6, 6.07) is 0. The smallest absolute Gasteiger partial charge is 0.310 e. The van der Waals surface area contributed by atoms with Crippen LogP contribution < -0.4 is 0 Å². The van der Waals surface area contributed by atoms with Crippen molar-refractivity contribution in [2.45, 2.75) is 32.1 Å². The van der Waals surface area contributed by atoms with Crippen LogP contribution in [0.1, 0.15) is 26.7 Å². The maximum absolute atomic E-state index is 11.4. The molecule has 1 aliphatic rings. The quantitative estimate of drug-likeness (QED) is 0.493. The molecule has 1 fully saturated rings. The highest BCUT2D eigenvalue weighted by molar-refractivity contribution is 6.22. The summed E-state index contributed by atoms with van der Waals surface area (Å²) in [7, 11) is 0. The molecule has 0 aromatic heterocycles. The van der Waals surface area contributed by atoms with Gasteiger partial charge < -0.3 is 4.74 Å². The highest BCUT2D eigenvalue weighted by atomic mass is 35.5. The van der Waals surface area contributed by atoms with E-state index >= 15 is 0 Å². The Morgan fingerprint density at radius 2 is 2.25 bits per heavy atom. The van der Waals surface area contributed by atoms with Crippen molar-refractivity contribution in [3.63, 3.8) is 0 Å². The summed E-state index contributed by atoms with van der Waals surface area (Å²) in [5, 5.41) is -0.0148. The molecule has 3 atom stereocenters. The summed E-state index contributed by atoms with van der Waals surface area (Å²) in [5.41, 5.74) is 0. The lowest BCUT2D eigenvalue weighted by Gasteiger charge is -2.15. The predicted octanol–water partition coefficient (Wildman–Crippen LogP) is 2.20. The lowest BCUT2D eigenvalue weighted by Crippen LogP contribution is -2.26. The number of alkyl halides is 1. The molecule has 0 amide bonds. The number of hydrogen-bond acceptors (Lipinski definition) is 2. The van der Waals surface area contributed by atoms with Crippen molar-refractivity contribution in [1.82, 2.24) is 0 Å². The van der Waals surface area contributed by atoms with Crippen LogP contribution in [-0.4, -0.2) is 18.0 Å². The zero-order valence-electron chi connectivity index (χ0n) is 7.55. The monoisotopic (exact) mass is 190 g/mol. The first kappa shape index (κ1) is 9.85. The van der Waals surface area contributed by atoms with Gasteiger partial charge >= 0.3 is 5.97 Å². The predicted molar refractivity (Wildman–Crippen MR) is 48.2 cm³/mol. The van der Waals surface area contributed by atoms with Gasteiger partial charge in [0.05, 0.1) is 12.5 Å². The van der Waals surface area contributed by atoms with Gasteiger partial charge in [-0.15, -0.1) is 11.6 Å². The molecule has 2 nitrogen and oxygen atoms in total. The van der Waals surface area contributed by atoms with Gasteiger partial charge in [-0.25, -0.2) is 0 Å². The second-order valence-electron chi connectivity index (χ2n) is 3.35. The number of esters is 1. The largest absolute Gasteiger partial charge is 0.466 e. The van der Waals surface area contributed by atoms with Crippen molar-refractivity contribution in [3.8, 4) is 0 Å². The Bertz CT molecular complexity index is 160. The van der Waals surface area contributed by atoms with Gasteiger partial charge in [0.2, 0.25) is 0 Å². The average molecular weight is 191 g/mol. The van der Waals surface area contributed by atoms with Crippen LogP contribution in [0.5, 0.6) is 0 Å². The van der Waals surface area contributed by atoms with Gasteiger partial charge in [0, 0.05) is 5.38 Å². The third-order valence-electron chi connectivity index (χ3n) is 2.46. The molecule has 12 heavy (non-hydrogen) atoms. The Labute approximate surface area is 78.2 Å². The Morgan fingerprint density at radius 3 is 2.67 bits per heavy atom. The fraction of sp³-hybridized carbons (Fsp3) is 0.889. The molecular weight excluding hydrogens is 176 g/mol. The van der Waals surface area contributed by atoms with Crippen molar-refractivity contribution in [2.75, 3.05) is 6.61 Å². The van der Waals surface area contributed by atoms with Crippen LogP contribution in [0.25, 0.3) is 0 Å². The summed E-state index contributed by atoms with van der Waals surface area (Å²) in [4.78, 5) is 11.4. The lowest BCUT2D eigenvalue weighted by atomic mass is 9.98. The van der Waals surface area contributed by atoms with E-state index in [1.165, 1.54) is 0 Å². The number of halogens is 1. The molecule has 0 radical (unpaired) electrons. The van der Waals surface area contributed by atoms with Gasteiger partial charge in [-0.3, -0.25) is 4.79 Å². The van der Waals surface area contributed by atoms with Crippen LogP contribution in [-0.2, 0) is 9.53 Å². The number of carbonyl (C=O) groups excluding carboxylic acids is 1. The van der Waals surface area contributed by atoms with E-state index in [1.54, 1.807) is 0 Å². The maximum atomic E-state index is 11.4. The topological polar surface area (TPSA) is 26.3 Å². The minimum Gasteiger partial charge on any atom is -0.466 e. The third kappa shape index (κ3) is 1.92. The molecule has 0 aromatic carbocycles. The van der Waals surface area contributed by atoms with E-state index in [-0.39, 0.29) is 17.3 Å². The first-order valence-corrected chi connectivity index (χ1v) is 4.91. The second-order valence-corrected chi connectivity index (χ2v) is 3.91. The molecule has 70 valence electrons. The van der Waals surface area contributed by atoms with Crippen molar-refractivity contribution < 1.29 is 9.53 Å². The second kappa shape index (κ2) is 4.13. The molecule has 0 saturated heterocycles. The number of rotatable bonds is 2. The lowest BCUT2D eigenvalue weighted by molar-refractivity contribution is -0.148. The summed E-state index contributed by atoms with van der Waals surface area (Å²) < 4.78 is 4.94. The zero-order valence-corrected chi connectivity index (χ0v) is 8.30. The highest BCUT2D eigenvalue weighted by Crippen LogP contribution is 2.36. The molecule has 1 aliphatic carbocycles. The first-order valence-electron chi connectivity index (χ1n) is 4.47. The van der Waals surface area contributed by atoms with Crippen LogP contribution >= 0.6 is 11.6 Å². The minimum absolute atomic E-state index is 0.0148. The Balaban J connectivity index is 2.53. The summed E-state index contributed by atoms with van der Waals surface area (Å²) in [6.45, 7) is 4.33. The molecule has 3 unspecified atom stereocenters. The van der Waals surface area contributed by atoms with E-state index < -0.39 is 0 Å². The standard InChI is InChI=1S/C9H15ClO2/c1-3-12-9(11)8-6(2)4-5-7(8)10/h6-8H,3-5H2,1-2H3. The Hall–Kier alpha value is -0.240. The molecule has 0 spiro atoms. The van der Waals surface area contributed by atoms with E-state index in [1.807, 2.05) is 6.92 Å². The van der Waals surface area contributed by atoms with Gasteiger partial charge in [0.15, 0.2) is 0 Å². The number of carbonyl (C=O) groups is 1. The molecule has 1 rings (SSSR count). The molecule has 0 bridgehead atoms.